The molecule has 1 aromatic carbocycles. The van der Waals surface area contributed by atoms with E-state index in [-0.39, 0.29) is 12.3 Å². The zero-order valence-corrected chi connectivity index (χ0v) is 17.0. The van der Waals surface area contributed by atoms with Crippen molar-refractivity contribution in [1.29, 1.82) is 0 Å². The number of ether oxygens (including phenoxy) is 4. The van der Waals surface area contributed by atoms with Gasteiger partial charge in [0.05, 0.1) is 20.1 Å². The molecule has 1 aliphatic carbocycles. The molecule has 0 radical (unpaired) electrons. The third-order valence-corrected chi connectivity index (χ3v) is 4.54. The fourth-order valence-electron chi connectivity index (χ4n) is 3.13. The van der Waals surface area contributed by atoms with Crippen LogP contribution in [-0.2, 0) is 16.0 Å². The highest BCUT2D eigenvalue weighted by molar-refractivity contribution is 5.70. The van der Waals surface area contributed by atoms with Crippen molar-refractivity contribution in [3.8, 4) is 17.4 Å². The topological polar surface area (TPSA) is 87.1 Å². The van der Waals surface area contributed by atoms with Crippen LogP contribution in [0.5, 0.6) is 17.4 Å². The van der Waals surface area contributed by atoms with Crippen molar-refractivity contribution in [2.24, 2.45) is 0 Å². The Bertz CT molecular complexity index is 920. The van der Waals surface area contributed by atoms with E-state index in [2.05, 4.69) is 11.1 Å². The first-order chi connectivity index (χ1) is 14.6. The number of carboxylic acid groups (broad SMARTS) is 1. The monoisotopic (exact) mass is 411 g/mol. The maximum absolute atomic E-state index is 11.2. The van der Waals surface area contributed by atoms with Crippen LogP contribution in [0.3, 0.4) is 0 Å². The third-order valence-electron chi connectivity index (χ3n) is 4.54. The Hall–Kier alpha value is -3.32. The molecule has 1 heterocycles. The Balaban J connectivity index is 1.73. The molecule has 0 amide bonds. The van der Waals surface area contributed by atoms with Gasteiger partial charge in [-0.3, -0.25) is 4.79 Å². The predicted octanol–water partition coefficient (Wildman–Crippen LogP) is 3.75. The summed E-state index contributed by atoms with van der Waals surface area (Å²) in [6.45, 7) is 0.803. The maximum Gasteiger partial charge on any atom is 0.307 e. The minimum atomic E-state index is -0.915. The minimum Gasteiger partial charge on any atom is -0.491 e. The zero-order chi connectivity index (χ0) is 21.3. The van der Waals surface area contributed by atoms with Gasteiger partial charge in [-0.15, -0.1) is 0 Å². The van der Waals surface area contributed by atoms with Gasteiger partial charge in [0, 0.05) is 37.8 Å². The highest BCUT2D eigenvalue weighted by atomic mass is 16.5. The van der Waals surface area contributed by atoms with Crippen LogP contribution in [-0.4, -0.2) is 43.5 Å². The van der Waals surface area contributed by atoms with Crippen molar-refractivity contribution >= 4 is 5.97 Å². The highest BCUT2D eigenvalue weighted by Gasteiger charge is 2.17. The maximum atomic E-state index is 11.2. The third kappa shape index (κ3) is 6.09. The van der Waals surface area contributed by atoms with Gasteiger partial charge < -0.3 is 24.1 Å². The fraction of sp³-hybridized carbons (Fsp3) is 0.304. The number of rotatable bonds is 10. The van der Waals surface area contributed by atoms with Gasteiger partial charge in [-0.05, 0) is 29.3 Å². The molecule has 1 aromatic heterocycles. The van der Waals surface area contributed by atoms with Crippen LogP contribution in [0.25, 0.3) is 0 Å². The molecule has 1 aliphatic rings. The van der Waals surface area contributed by atoms with Crippen molar-refractivity contribution in [1.82, 2.24) is 4.98 Å². The molecule has 1 atom stereocenters. The largest absolute Gasteiger partial charge is 0.491 e. The molecule has 0 saturated carbocycles. The number of carbonyl (C=O) groups is 1. The lowest BCUT2D eigenvalue weighted by Gasteiger charge is -2.20. The molecule has 7 heteroatoms. The summed E-state index contributed by atoms with van der Waals surface area (Å²) in [5.74, 6) is 1.64. The van der Waals surface area contributed by atoms with Crippen LogP contribution in [0.15, 0.2) is 60.5 Å². The molecule has 3 rings (SSSR count). The second-order valence-electron chi connectivity index (χ2n) is 6.79. The lowest BCUT2D eigenvalue weighted by Crippen LogP contribution is -2.08. The van der Waals surface area contributed by atoms with E-state index in [9.17, 15) is 4.79 Å². The number of allylic oxidation sites excluding steroid dienone is 4. The first-order valence-electron chi connectivity index (χ1n) is 9.60. The van der Waals surface area contributed by atoms with E-state index in [1.807, 2.05) is 24.3 Å². The standard InChI is InChI=1S/C23H25NO6/c1-27-8-9-29-20-10-16(12-23(25)26)11-21(14-20)30-19-5-3-4-17(13-19)18-6-7-22(28-2)24-15-18/h3-7,10-11,14-15,17H,8-9,12-13H2,1-2H3,(H,25,26). The van der Waals surface area contributed by atoms with E-state index in [1.54, 1.807) is 38.6 Å². The van der Waals surface area contributed by atoms with E-state index in [1.165, 1.54) is 0 Å². The number of hydrogen-bond donors (Lipinski definition) is 1. The normalized spacial score (nSPS) is 15.4. The Labute approximate surface area is 175 Å². The van der Waals surface area contributed by atoms with Crippen LogP contribution in [0.4, 0.5) is 0 Å². The molecule has 0 fully saturated rings. The Morgan fingerprint density at radius 2 is 2.00 bits per heavy atom. The van der Waals surface area contributed by atoms with Gasteiger partial charge in [-0.25, -0.2) is 4.98 Å². The van der Waals surface area contributed by atoms with Crippen LogP contribution >= 0.6 is 0 Å². The number of aromatic nitrogens is 1. The van der Waals surface area contributed by atoms with Crippen molar-refractivity contribution in [2.45, 2.75) is 18.8 Å². The number of hydrogen-bond acceptors (Lipinski definition) is 6. The summed E-state index contributed by atoms with van der Waals surface area (Å²) in [6.07, 6.45) is 8.29. The van der Waals surface area contributed by atoms with Crippen molar-refractivity contribution in [3.63, 3.8) is 0 Å². The van der Waals surface area contributed by atoms with Crippen molar-refractivity contribution in [2.75, 3.05) is 27.4 Å². The number of pyridine rings is 1. The summed E-state index contributed by atoms with van der Waals surface area (Å²) in [6, 6.07) is 9.00. The molecule has 158 valence electrons. The molecular weight excluding hydrogens is 386 g/mol. The fourth-order valence-corrected chi connectivity index (χ4v) is 3.13. The van der Waals surface area contributed by atoms with E-state index in [0.29, 0.717) is 42.6 Å². The summed E-state index contributed by atoms with van der Waals surface area (Å²) in [5, 5.41) is 9.15. The smallest absolute Gasteiger partial charge is 0.307 e. The highest BCUT2D eigenvalue weighted by Crippen LogP contribution is 2.32. The molecule has 7 nitrogen and oxygen atoms in total. The first-order valence-corrected chi connectivity index (χ1v) is 9.60. The average Bonchev–Trinajstić information content (AvgIpc) is 2.73. The van der Waals surface area contributed by atoms with E-state index in [4.69, 9.17) is 24.1 Å². The lowest BCUT2D eigenvalue weighted by atomic mass is 9.93. The predicted molar refractivity (Wildman–Crippen MR) is 111 cm³/mol. The van der Waals surface area contributed by atoms with E-state index in [0.717, 1.165) is 11.3 Å². The van der Waals surface area contributed by atoms with Crippen molar-refractivity contribution in [3.05, 3.63) is 71.6 Å². The average molecular weight is 411 g/mol. The summed E-state index contributed by atoms with van der Waals surface area (Å²) < 4.78 is 21.9. The lowest BCUT2D eigenvalue weighted by molar-refractivity contribution is -0.136. The number of aliphatic carboxylic acids is 1. The zero-order valence-electron chi connectivity index (χ0n) is 17.0. The molecule has 2 aromatic rings. The molecular formula is C23H25NO6. The molecule has 0 spiro atoms. The van der Waals surface area contributed by atoms with E-state index < -0.39 is 5.97 Å². The first kappa shape index (κ1) is 21.4. The summed E-state index contributed by atoms with van der Waals surface area (Å²) >= 11 is 0. The van der Waals surface area contributed by atoms with Gasteiger partial charge in [0.1, 0.15) is 23.9 Å². The second-order valence-corrected chi connectivity index (χ2v) is 6.79. The number of methoxy groups -OCH3 is 2. The van der Waals surface area contributed by atoms with E-state index >= 15 is 0 Å². The SMILES string of the molecule is COCCOc1cc(CC(=O)O)cc(OC2=CC=CC(c3ccc(OC)nc3)C2)c1. The Morgan fingerprint density at radius 3 is 2.70 bits per heavy atom. The molecule has 30 heavy (non-hydrogen) atoms. The molecule has 1 unspecified atom stereocenters. The van der Waals surface area contributed by atoms with Gasteiger partial charge in [0.25, 0.3) is 0 Å². The minimum absolute atomic E-state index is 0.114. The number of nitrogens with zero attached hydrogens (tertiary/aromatic N) is 1. The second kappa shape index (κ2) is 10.5. The van der Waals surface area contributed by atoms with Gasteiger partial charge >= 0.3 is 5.97 Å². The number of carboxylic acids is 1. The summed E-state index contributed by atoms with van der Waals surface area (Å²) in [4.78, 5) is 15.4. The van der Waals surface area contributed by atoms with Crippen LogP contribution in [0.2, 0.25) is 0 Å². The molecule has 0 bridgehead atoms. The Kier molecular flexibility index (Phi) is 7.45. The van der Waals surface area contributed by atoms with Gasteiger partial charge in [0.2, 0.25) is 5.88 Å². The number of benzene rings is 1. The summed E-state index contributed by atoms with van der Waals surface area (Å²) in [7, 11) is 3.18. The van der Waals surface area contributed by atoms with Crippen molar-refractivity contribution < 1.29 is 28.8 Å². The van der Waals surface area contributed by atoms with Gasteiger partial charge in [0.15, 0.2) is 0 Å². The Morgan fingerprint density at radius 1 is 1.17 bits per heavy atom. The van der Waals surface area contributed by atoms with Crippen LogP contribution in [0.1, 0.15) is 23.5 Å². The summed E-state index contributed by atoms with van der Waals surface area (Å²) in [5.41, 5.74) is 1.67. The molecule has 0 aliphatic heterocycles. The van der Waals surface area contributed by atoms with Crippen LogP contribution < -0.4 is 14.2 Å². The van der Waals surface area contributed by atoms with Gasteiger partial charge in [-0.1, -0.05) is 18.2 Å². The van der Waals surface area contributed by atoms with Crippen LogP contribution in [0, 0.1) is 0 Å². The molecule has 1 N–H and O–H groups in total. The molecule has 0 saturated heterocycles. The van der Waals surface area contributed by atoms with Gasteiger partial charge in [-0.2, -0.15) is 0 Å². The quantitative estimate of drug-likeness (QED) is 0.596.